The Hall–Kier alpha value is -1.77. The molecule has 1 aromatic heterocycles. The third-order valence-corrected chi connectivity index (χ3v) is 5.16. The lowest BCUT2D eigenvalue weighted by atomic mass is 9.74. The summed E-state index contributed by atoms with van der Waals surface area (Å²) in [4.78, 5) is 7.52. The second-order valence-corrected chi connectivity index (χ2v) is 7.77. The molecule has 0 atom stereocenters. The number of anilines is 1. The molecule has 3 nitrogen and oxygen atoms in total. The van der Waals surface area contributed by atoms with Crippen LogP contribution in [0, 0.1) is 0 Å². The van der Waals surface area contributed by atoms with Crippen molar-refractivity contribution in [3.8, 4) is 0 Å². The van der Waals surface area contributed by atoms with Crippen molar-refractivity contribution in [2.75, 3.05) is 11.9 Å². The normalized spacial score (nSPS) is 14.7. The Morgan fingerprint density at radius 1 is 1.09 bits per heavy atom. The van der Waals surface area contributed by atoms with Crippen molar-refractivity contribution in [3.63, 3.8) is 0 Å². The Morgan fingerprint density at radius 2 is 1.86 bits per heavy atom. The maximum absolute atomic E-state index is 4.44. The lowest BCUT2D eigenvalue weighted by Gasteiger charge is -2.31. The van der Waals surface area contributed by atoms with Gasteiger partial charge in [0.15, 0.2) is 0 Å². The SMILES string of the molecule is CC(C)(CCC(C)(C)c1c[nH]cn1)c1ccc2c(c1)CCN2. The molecular weight excluding hydrogens is 270 g/mol. The van der Waals surface area contributed by atoms with E-state index in [1.165, 1.54) is 16.8 Å². The standard InChI is InChI=1S/C19H27N3/c1-18(2,8-9-19(3,4)17-12-20-13-22-17)15-5-6-16-14(11-15)7-10-21-16/h5-6,11-13,21H,7-10H2,1-4H3,(H,20,22). The molecule has 0 saturated carbocycles. The number of H-pyrrole nitrogens is 1. The molecule has 0 bridgehead atoms. The summed E-state index contributed by atoms with van der Waals surface area (Å²) in [7, 11) is 0. The van der Waals surface area contributed by atoms with E-state index in [1.807, 2.05) is 6.20 Å². The van der Waals surface area contributed by atoms with Gasteiger partial charge < -0.3 is 10.3 Å². The summed E-state index contributed by atoms with van der Waals surface area (Å²) >= 11 is 0. The topological polar surface area (TPSA) is 40.7 Å². The molecule has 22 heavy (non-hydrogen) atoms. The third-order valence-electron chi connectivity index (χ3n) is 5.16. The molecule has 0 fully saturated rings. The summed E-state index contributed by atoms with van der Waals surface area (Å²) in [5.41, 5.74) is 5.68. The molecule has 118 valence electrons. The predicted molar refractivity (Wildman–Crippen MR) is 92.5 cm³/mol. The van der Waals surface area contributed by atoms with Crippen molar-refractivity contribution in [1.82, 2.24) is 9.97 Å². The summed E-state index contributed by atoms with van der Waals surface area (Å²) in [6.45, 7) is 10.4. The van der Waals surface area contributed by atoms with E-state index >= 15 is 0 Å². The van der Waals surface area contributed by atoms with Gasteiger partial charge in [0.05, 0.1) is 12.0 Å². The van der Waals surface area contributed by atoms with Crippen LogP contribution in [-0.4, -0.2) is 16.5 Å². The summed E-state index contributed by atoms with van der Waals surface area (Å²) in [5, 5.41) is 3.44. The smallest absolute Gasteiger partial charge is 0.0923 e. The molecule has 3 rings (SSSR count). The third kappa shape index (κ3) is 2.90. The van der Waals surface area contributed by atoms with Gasteiger partial charge in [-0.05, 0) is 41.9 Å². The zero-order valence-corrected chi connectivity index (χ0v) is 14.2. The zero-order valence-electron chi connectivity index (χ0n) is 14.2. The minimum Gasteiger partial charge on any atom is -0.384 e. The Labute approximate surface area is 133 Å². The second-order valence-electron chi connectivity index (χ2n) is 7.77. The Balaban J connectivity index is 1.73. The summed E-state index contributed by atoms with van der Waals surface area (Å²) in [5.74, 6) is 0. The highest BCUT2D eigenvalue weighted by Crippen LogP contribution is 2.37. The molecule has 0 radical (unpaired) electrons. The fourth-order valence-electron chi connectivity index (χ4n) is 3.25. The molecule has 1 aliphatic rings. The maximum atomic E-state index is 4.44. The number of hydrogen-bond acceptors (Lipinski definition) is 2. The van der Waals surface area contributed by atoms with Crippen LogP contribution in [-0.2, 0) is 17.3 Å². The molecule has 0 spiro atoms. The fraction of sp³-hybridized carbons (Fsp3) is 0.526. The molecule has 0 saturated heterocycles. The van der Waals surface area contributed by atoms with Gasteiger partial charge in [-0.2, -0.15) is 0 Å². The molecule has 3 heteroatoms. The van der Waals surface area contributed by atoms with Crippen LogP contribution in [0.15, 0.2) is 30.7 Å². The number of hydrogen-bond donors (Lipinski definition) is 2. The van der Waals surface area contributed by atoms with Crippen LogP contribution in [0.5, 0.6) is 0 Å². The molecule has 0 amide bonds. The number of fused-ring (bicyclic) bond motifs is 1. The minimum absolute atomic E-state index is 0.107. The van der Waals surface area contributed by atoms with E-state index in [9.17, 15) is 0 Å². The lowest BCUT2D eigenvalue weighted by Crippen LogP contribution is -2.24. The van der Waals surface area contributed by atoms with E-state index in [1.54, 1.807) is 6.33 Å². The first-order valence-corrected chi connectivity index (χ1v) is 8.25. The molecule has 1 aliphatic heterocycles. The zero-order chi connectivity index (χ0) is 15.8. The van der Waals surface area contributed by atoms with Crippen LogP contribution < -0.4 is 5.32 Å². The Morgan fingerprint density at radius 3 is 2.59 bits per heavy atom. The molecule has 2 N–H and O–H groups in total. The van der Waals surface area contributed by atoms with Gasteiger partial charge in [0.1, 0.15) is 0 Å². The van der Waals surface area contributed by atoms with Crippen LogP contribution in [0.2, 0.25) is 0 Å². The van der Waals surface area contributed by atoms with Gasteiger partial charge in [0, 0.05) is 23.8 Å². The number of nitrogens with zero attached hydrogens (tertiary/aromatic N) is 1. The van der Waals surface area contributed by atoms with Gasteiger partial charge in [-0.1, -0.05) is 39.8 Å². The second kappa shape index (κ2) is 5.45. The average Bonchev–Trinajstić information content (AvgIpc) is 3.15. The van der Waals surface area contributed by atoms with Crippen molar-refractivity contribution in [3.05, 3.63) is 47.5 Å². The van der Waals surface area contributed by atoms with Crippen molar-refractivity contribution in [2.45, 2.75) is 57.8 Å². The fourth-order valence-corrected chi connectivity index (χ4v) is 3.25. The van der Waals surface area contributed by atoms with Gasteiger partial charge >= 0.3 is 0 Å². The number of benzene rings is 1. The van der Waals surface area contributed by atoms with Crippen LogP contribution in [0.3, 0.4) is 0 Å². The molecular formula is C19H27N3. The lowest BCUT2D eigenvalue weighted by molar-refractivity contribution is 0.370. The molecule has 0 unspecified atom stereocenters. The molecule has 1 aromatic carbocycles. The quantitative estimate of drug-likeness (QED) is 0.858. The van der Waals surface area contributed by atoms with E-state index in [4.69, 9.17) is 0 Å². The van der Waals surface area contributed by atoms with Crippen LogP contribution in [0.25, 0.3) is 0 Å². The summed E-state index contributed by atoms with van der Waals surface area (Å²) in [6.07, 6.45) is 7.22. The summed E-state index contributed by atoms with van der Waals surface area (Å²) in [6, 6.07) is 6.94. The first kappa shape index (κ1) is 15.1. The monoisotopic (exact) mass is 297 g/mol. The van der Waals surface area contributed by atoms with Gasteiger partial charge in [0.2, 0.25) is 0 Å². The van der Waals surface area contributed by atoms with Gasteiger partial charge in [-0.15, -0.1) is 0 Å². The van der Waals surface area contributed by atoms with Crippen LogP contribution in [0.1, 0.15) is 57.4 Å². The molecule has 2 aromatic rings. The van der Waals surface area contributed by atoms with Crippen molar-refractivity contribution < 1.29 is 0 Å². The number of nitrogens with one attached hydrogen (secondary N) is 2. The first-order valence-electron chi connectivity index (χ1n) is 8.25. The number of rotatable bonds is 5. The van der Waals surface area contributed by atoms with E-state index in [-0.39, 0.29) is 10.8 Å². The number of imidazole rings is 1. The van der Waals surface area contributed by atoms with Gasteiger partial charge in [-0.3, -0.25) is 0 Å². The molecule has 2 heterocycles. The van der Waals surface area contributed by atoms with E-state index in [0.29, 0.717) is 0 Å². The van der Waals surface area contributed by atoms with Crippen molar-refractivity contribution >= 4 is 5.69 Å². The van der Waals surface area contributed by atoms with Gasteiger partial charge in [0.25, 0.3) is 0 Å². The van der Waals surface area contributed by atoms with E-state index < -0.39 is 0 Å². The highest BCUT2D eigenvalue weighted by Gasteiger charge is 2.29. The van der Waals surface area contributed by atoms with E-state index in [2.05, 4.69) is 61.2 Å². The first-order chi connectivity index (χ1) is 10.4. The number of aromatic amines is 1. The van der Waals surface area contributed by atoms with Gasteiger partial charge in [-0.25, -0.2) is 4.98 Å². The maximum Gasteiger partial charge on any atom is 0.0923 e. The predicted octanol–water partition coefficient (Wildman–Crippen LogP) is 4.41. The largest absolute Gasteiger partial charge is 0.384 e. The molecule has 0 aliphatic carbocycles. The average molecular weight is 297 g/mol. The number of aromatic nitrogens is 2. The van der Waals surface area contributed by atoms with E-state index in [0.717, 1.165) is 31.5 Å². The highest BCUT2D eigenvalue weighted by atomic mass is 14.9. The summed E-state index contributed by atoms with van der Waals surface area (Å²) < 4.78 is 0. The van der Waals surface area contributed by atoms with Crippen LogP contribution in [0.4, 0.5) is 5.69 Å². The Bertz CT molecular complexity index is 639. The van der Waals surface area contributed by atoms with Crippen molar-refractivity contribution in [2.24, 2.45) is 0 Å². The Kier molecular flexibility index (Phi) is 3.75. The highest BCUT2D eigenvalue weighted by molar-refractivity contribution is 5.57. The van der Waals surface area contributed by atoms with Crippen LogP contribution >= 0.6 is 0 Å². The minimum atomic E-state index is 0.107. The van der Waals surface area contributed by atoms with Crippen molar-refractivity contribution in [1.29, 1.82) is 0 Å².